The Kier molecular flexibility index (Phi) is 6.30. The molecule has 6 heteroatoms. The lowest BCUT2D eigenvalue weighted by Crippen LogP contribution is -2.37. The molecule has 154 valence electrons. The van der Waals surface area contributed by atoms with Gasteiger partial charge in [0.1, 0.15) is 5.82 Å². The summed E-state index contributed by atoms with van der Waals surface area (Å²) in [5, 5.41) is 24.3. The number of anilines is 3. The van der Waals surface area contributed by atoms with Gasteiger partial charge in [0.05, 0.1) is 12.7 Å². The van der Waals surface area contributed by atoms with Crippen molar-refractivity contribution in [3.05, 3.63) is 34.4 Å². The number of aliphatic hydroxyl groups excluding tert-OH is 2. The average Bonchev–Trinajstić information content (AvgIpc) is 2.97. The Morgan fingerprint density at radius 1 is 1.21 bits per heavy atom. The lowest BCUT2D eigenvalue weighted by Gasteiger charge is -2.32. The molecule has 6 nitrogen and oxygen atoms in total. The van der Waals surface area contributed by atoms with Crippen LogP contribution >= 0.6 is 0 Å². The van der Waals surface area contributed by atoms with Crippen LogP contribution in [-0.2, 0) is 13.5 Å². The van der Waals surface area contributed by atoms with E-state index in [2.05, 4.69) is 49.6 Å². The van der Waals surface area contributed by atoms with Gasteiger partial charge in [-0.1, -0.05) is 24.6 Å². The van der Waals surface area contributed by atoms with E-state index in [9.17, 15) is 10.2 Å². The molecule has 0 fully saturated rings. The molecule has 0 radical (unpaired) electrons. The van der Waals surface area contributed by atoms with Crippen molar-refractivity contribution in [2.75, 3.05) is 36.0 Å². The summed E-state index contributed by atoms with van der Waals surface area (Å²) >= 11 is 0. The van der Waals surface area contributed by atoms with Crippen LogP contribution in [0.2, 0.25) is 0 Å². The number of hydrogen-bond donors (Lipinski definition) is 2. The van der Waals surface area contributed by atoms with E-state index < -0.39 is 6.10 Å². The molecule has 2 N–H and O–H groups in total. The molecule has 0 saturated heterocycles. The maximum absolute atomic E-state index is 10.0. The molecule has 1 aliphatic heterocycles. The molecular weight excluding hydrogens is 352 g/mol. The first-order valence-corrected chi connectivity index (χ1v) is 10.3. The highest BCUT2D eigenvalue weighted by molar-refractivity contribution is 5.74. The molecule has 1 aromatic heterocycles. The van der Waals surface area contributed by atoms with E-state index in [0.29, 0.717) is 6.54 Å². The van der Waals surface area contributed by atoms with Gasteiger partial charge in [-0.2, -0.15) is 5.10 Å². The quantitative estimate of drug-likeness (QED) is 0.766. The largest absolute Gasteiger partial charge is 0.394 e. The van der Waals surface area contributed by atoms with Gasteiger partial charge < -0.3 is 20.0 Å². The van der Waals surface area contributed by atoms with Crippen molar-refractivity contribution < 1.29 is 10.2 Å². The van der Waals surface area contributed by atoms with Gasteiger partial charge in [-0.05, 0) is 51.2 Å². The number of aliphatic hydroxyl groups is 2. The fourth-order valence-electron chi connectivity index (χ4n) is 4.58. The summed E-state index contributed by atoms with van der Waals surface area (Å²) in [5.41, 5.74) is 6.34. The van der Waals surface area contributed by atoms with Crippen LogP contribution in [0.3, 0.4) is 0 Å². The minimum Gasteiger partial charge on any atom is -0.394 e. The highest BCUT2D eigenvalue weighted by Crippen LogP contribution is 2.40. The Balaban J connectivity index is 2.06. The normalized spacial score (nSPS) is 14.9. The first-order chi connectivity index (χ1) is 13.4. The molecule has 1 aliphatic rings. The number of hydrogen-bond acceptors (Lipinski definition) is 5. The van der Waals surface area contributed by atoms with Crippen LogP contribution in [-0.4, -0.2) is 52.3 Å². The van der Waals surface area contributed by atoms with Crippen LogP contribution in [0.25, 0.3) is 0 Å². The summed E-state index contributed by atoms with van der Waals surface area (Å²) < 4.78 is 1.95. The Labute approximate surface area is 168 Å². The van der Waals surface area contributed by atoms with Crippen molar-refractivity contribution in [1.29, 1.82) is 0 Å². The molecule has 1 unspecified atom stereocenters. The lowest BCUT2D eigenvalue weighted by atomic mass is 10.00. The Morgan fingerprint density at radius 3 is 2.50 bits per heavy atom. The molecule has 3 rings (SSSR count). The number of nitrogens with zero attached hydrogens (tertiary/aromatic N) is 4. The van der Waals surface area contributed by atoms with E-state index in [1.807, 2.05) is 11.7 Å². The van der Waals surface area contributed by atoms with Gasteiger partial charge >= 0.3 is 0 Å². The van der Waals surface area contributed by atoms with E-state index in [1.165, 1.54) is 27.9 Å². The van der Waals surface area contributed by atoms with Crippen LogP contribution in [0.1, 0.15) is 42.0 Å². The highest BCUT2D eigenvalue weighted by Gasteiger charge is 2.30. The number of aromatic nitrogens is 2. The van der Waals surface area contributed by atoms with E-state index in [0.717, 1.165) is 44.0 Å². The van der Waals surface area contributed by atoms with Crippen molar-refractivity contribution in [1.82, 2.24) is 9.78 Å². The predicted molar refractivity (Wildman–Crippen MR) is 115 cm³/mol. The molecule has 2 heterocycles. The van der Waals surface area contributed by atoms with Crippen LogP contribution < -0.4 is 9.80 Å². The summed E-state index contributed by atoms with van der Waals surface area (Å²) in [7, 11) is 1.98. The molecule has 28 heavy (non-hydrogen) atoms. The zero-order valence-corrected chi connectivity index (χ0v) is 17.9. The average molecular weight is 387 g/mol. The molecule has 0 spiro atoms. The van der Waals surface area contributed by atoms with Crippen molar-refractivity contribution in [2.24, 2.45) is 7.05 Å². The highest BCUT2D eigenvalue weighted by atomic mass is 16.3. The molecule has 1 aromatic carbocycles. The summed E-state index contributed by atoms with van der Waals surface area (Å²) in [5.74, 6) is 2.09. The van der Waals surface area contributed by atoms with Crippen molar-refractivity contribution in [2.45, 2.75) is 53.1 Å². The van der Waals surface area contributed by atoms with E-state index in [1.54, 1.807) is 0 Å². The number of aryl methyl sites for hydroxylation is 4. The van der Waals surface area contributed by atoms with E-state index in [-0.39, 0.29) is 6.61 Å². The van der Waals surface area contributed by atoms with E-state index >= 15 is 0 Å². The van der Waals surface area contributed by atoms with Crippen LogP contribution in [0.15, 0.2) is 12.1 Å². The van der Waals surface area contributed by atoms with Crippen molar-refractivity contribution >= 4 is 17.3 Å². The minimum absolute atomic E-state index is 0.228. The molecule has 0 amide bonds. The second kappa shape index (κ2) is 8.53. The third-order valence-electron chi connectivity index (χ3n) is 5.50. The number of rotatable bonds is 7. The third-order valence-corrected chi connectivity index (χ3v) is 5.50. The molecule has 0 bridgehead atoms. The van der Waals surface area contributed by atoms with Gasteiger partial charge in [0, 0.05) is 37.9 Å². The summed E-state index contributed by atoms with van der Waals surface area (Å²) in [6.45, 7) is 10.6. The third kappa shape index (κ3) is 3.89. The monoisotopic (exact) mass is 386 g/mol. The first-order valence-electron chi connectivity index (χ1n) is 10.3. The Hall–Kier alpha value is -2.05. The predicted octanol–water partition coefficient (Wildman–Crippen LogP) is 3.00. The van der Waals surface area contributed by atoms with E-state index in [4.69, 9.17) is 5.10 Å². The zero-order chi connectivity index (χ0) is 20.4. The molecule has 0 saturated carbocycles. The fraction of sp³-hybridized carbons (Fsp3) is 0.591. The van der Waals surface area contributed by atoms with Gasteiger partial charge in [-0.15, -0.1) is 0 Å². The van der Waals surface area contributed by atoms with Crippen LogP contribution in [0.4, 0.5) is 17.3 Å². The molecule has 2 aromatic rings. The summed E-state index contributed by atoms with van der Waals surface area (Å²) in [6, 6.07) is 4.48. The first kappa shape index (κ1) is 20.7. The molecule has 1 atom stereocenters. The molecule has 0 aliphatic carbocycles. The lowest BCUT2D eigenvalue weighted by molar-refractivity contribution is 0.0996. The van der Waals surface area contributed by atoms with Crippen molar-refractivity contribution in [3.63, 3.8) is 0 Å². The topological polar surface area (TPSA) is 64.8 Å². The minimum atomic E-state index is -0.751. The second-order valence-electron chi connectivity index (χ2n) is 8.03. The maximum atomic E-state index is 10.0. The zero-order valence-electron chi connectivity index (χ0n) is 17.9. The van der Waals surface area contributed by atoms with Gasteiger partial charge in [0.25, 0.3) is 0 Å². The fourth-order valence-corrected chi connectivity index (χ4v) is 4.58. The second-order valence-corrected chi connectivity index (χ2v) is 8.03. The standard InChI is InChI=1S/C22H34N4O2/c1-6-9-25(13-18(28)14-27)22-19-8-7-10-26(21(19)23-24(22)5)20-16(3)11-15(2)12-17(20)4/h11-12,18,27-28H,6-10,13-14H2,1-5H3. The van der Waals surface area contributed by atoms with Crippen molar-refractivity contribution in [3.8, 4) is 0 Å². The van der Waals surface area contributed by atoms with Crippen LogP contribution in [0.5, 0.6) is 0 Å². The van der Waals surface area contributed by atoms with Gasteiger partial charge in [-0.25, -0.2) is 0 Å². The van der Waals surface area contributed by atoms with Gasteiger partial charge in [0.15, 0.2) is 5.82 Å². The van der Waals surface area contributed by atoms with Crippen LogP contribution in [0, 0.1) is 20.8 Å². The number of fused-ring (bicyclic) bond motifs is 1. The Morgan fingerprint density at radius 2 is 1.89 bits per heavy atom. The molecular formula is C22H34N4O2. The maximum Gasteiger partial charge on any atom is 0.160 e. The summed E-state index contributed by atoms with van der Waals surface area (Å²) in [6.07, 6.45) is 2.27. The Bertz CT molecular complexity index is 807. The summed E-state index contributed by atoms with van der Waals surface area (Å²) in [4.78, 5) is 4.53. The number of benzene rings is 1. The SMILES string of the molecule is CCCN(CC(O)CO)c1c2c(nn1C)N(c1c(C)cc(C)cc1C)CCC2. The van der Waals surface area contributed by atoms with Gasteiger partial charge in [0.2, 0.25) is 0 Å². The van der Waals surface area contributed by atoms with Gasteiger partial charge in [-0.3, -0.25) is 4.68 Å². The smallest absolute Gasteiger partial charge is 0.160 e.